The minimum atomic E-state index is -3.44. The average molecular weight is 483 g/mol. The average Bonchev–Trinajstić information content (AvgIpc) is 2.79. The number of benzene rings is 2. The Morgan fingerprint density at radius 3 is 2.39 bits per heavy atom. The molecule has 6 nitrogen and oxygen atoms in total. The van der Waals surface area contributed by atoms with E-state index in [1.165, 1.54) is 11.8 Å². The van der Waals surface area contributed by atoms with Crippen molar-refractivity contribution in [2.75, 3.05) is 26.2 Å². The van der Waals surface area contributed by atoms with Crippen LogP contribution in [0.5, 0.6) is 5.75 Å². The maximum Gasteiger partial charge on any atom is 0.243 e. The number of amides is 1. The van der Waals surface area contributed by atoms with Gasteiger partial charge in [0.1, 0.15) is 12.4 Å². The fourth-order valence-electron chi connectivity index (χ4n) is 3.22. The highest BCUT2D eigenvalue weighted by Gasteiger charge is 2.25. The summed E-state index contributed by atoms with van der Waals surface area (Å²) in [6.07, 6.45) is 2.89. The van der Waals surface area contributed by atoms with Gasteiger partial charge in [-0.15, -0.1) is 11.8 Å². The van der Waals surface area contributed by atoms with E-state index in [1.54, 1.807) is 40.7 Å². The first-order valence-electron chi connectivity index (χ1n) is 10.3. The quantitative estimate of drug-likeness (QED) is 0.428. The molecule has 1 fully saturated rings. The lowest BCUT2D eigenvalue weighted by Crippen LogP contribution is -2.35. The summed E-state index contributed by atoms with van der Waals surface area (Å²) in [7, 11) is -3.44. The van der Waals surface area contributed by atoms with E-state index in [0.717, 1.165) is 24.2 Å². The molecule has 0 aliphatic carbocycles. The van der Waals surface area contributed by atoms with Gasteiger partial charge in [0.25, 0.3) is 0 Å². The van der Waals surface area contributed by atoms with Crippen molar-refractivity contribution in [3.05, 3.63) is 53.6 Å². The van der Waals surface area contributed by atoms with Crippen molar-refractivity contribution in [2.45, 2.75) is 41.2 Å². The molecule has 1 heterocycles. The molecular formula is C22H27ClN2O4S2. The molecule has 31 heavy (non-hydrogen) atoms. The number of ether oxygens (including phenoxy) is 1. The Morgan fingerprint density at radius 1 is 1.10 bits per heavy atom. The second-order valence-electron chi connectivity index (χ2n) is 7.29. The fourth-order valence-corrected chi connectivity index (χ4v) is 5.75. The number of hydrogen-bond donors (Lipinski definition) is 1. The van der Waals surface area contributed by atoms with E-state index < -0.39 is 10.0 Å². The van der Waals surface area contributed by atoms with Gasteiger partial charge in [-0.3, -0.25) is 4.79 Å². The molecule has 1 amide bonds. The largest absolute Gasteiger partial charge is 0.492 e. The lowest BCUT2D eigenvalue weighted by Gasteiger charge is -2.25. The molecule has 1 saturated heterocycles. The molecule has 168 valence electrons. The van der Waals surface area contributed by atoms with E-state index in [0.29, 0.717) is 37.0 Å². The molecule has 9 heteroatoms. The fraction of sp³-hybridized carbons (Fsp3) is 0.409. The van der Waals surface area contributed by atoms with Gasteiger partial charge in [-0.05, 0) is 68.3 Å². The highest BCUT2D eigenvalue weighted by atomic mass is 35.5. The zero-order valence-electron chi connectivity index (χ0n) is 17.4. The minimum absolute atomic E-state index is 0.0773. The molecule has 0 unspecified atom stereocenters. The predicted molar refractivity (Wildman–Crippen MR) is 124 cm³/mol. The van der Waals surface area contributed by atoms with Gasteiger partial charge in [-0.1, -0.05) is 18.0 Å². The van der Waals surface area contributed by atoms with Crippen LogP contribution in [0.3, 0.4) is 0 Å². The number of piperidine rings is 1. The maximum atomic E-state index is 12.7. The number of sulfonamides is 1. The molecule has 1 aliphatic rings. The van der Waals surface area contributed by atoms with Crippen LogP contribution in [0.4, 0.5) is 0 Å². The highest BCUT2D eigenvalue weighted by molar-refractivity contribution is 8.00. The smallest absolute Gasteiger partial charge is 0.243 e. The molecule has 2 aromatic carbocycles. The Morgan fingerprint density at radius 2 is 1.74 bits per heavy atom. The first-order valence-corrected chi connectivity index (χ1v) is 13.0. The van der Waals surface area contributed by atoms with Crippen LogP contribution in [-0.2, 0) is 14.8 Å². The summed E-state index contributed by atoms with van der Waals surface area (Å²) in [5, 5.41) is 3.26. The Labute approximate surface area is 193 Å². The summed E-state index contributed by atoms with van der Waals surface area (Å²) in [5.74, 6) is 0.488. The maximum absolute atomic E-state index is 12.7. The van der Waals surface area contributed by atoms with Crippen molar-refractivity contribution in [1.29, 1.82) is 0 Å². The third kappa shape index (κ3) is 6.87. The first-order chi connectivity index (χ1) is 14.9. The monoisotopic (exact) mass is 482 g/mol. The number of thioether (sulfide) groups is 1. The van der Waals surface area contributed by atoms with Crippen molar-refractivity contribution >= 4 is 39.3 Å². The summed E-state index contributed by atoms with van der Waals surface area (Å²) in [5.41, 5.74) is 0. The molecule has 0 spiro atoms. The summed E-state index contributed by atoms with van der Waals surface area (Å²) >= 11 is 7.34. The molecule has 1 aliphatic heterocycles. The Hall–Kier alpha value is -1.74. The van der Waals surface area contributed by atoms with E-state index in [-0.39, 0.29) is 16.1 Å². The molecule has 0 aromatic heterocycles. The Balaban J connectivity index is 1.42. The van der Waals surface area contributed by atoms with Crippen LogP contribution in [0.25, 0.3) is 0 Å². The molecule has 3 rings (SSSR count). The molecule has 2 aromatic rings. The minimum Gasteiger partial charge on any atom is -0.492 e. The molecular weight excluding hydrogens is 456 g/mol. The Kier molecular flexibility index (Phi) is 8.66. The zero-order valence-corrected chi connectivity index (χ0v) is 19.8. The van der Waals surface area contributed by atoms with Crippen LogP contribution in [-0.4, -0.2) is 50.1 Å². The van der Waals surface area contributed by atoms with Gasteiger partial charge in [-0.25, -0.2) is 8.42 Å². The molecule has 1 atom stereocenters. The van der Waals surface area contributed by atoms with Gasteiger partial charge in [0, 0.05) is 23.0 Å². The van der Waals surface area contributed by atoms with Crippen LogP contribution in [0.15, 0.2) is 58.3 Å². The van der Waals surface area contributed by atoms with E-state index in [1.807, 2.05) is 19.1 Å². The van der Waals surface area contributed by atoms with E-state index in [2.05, 4.69) is 5.32 Å². The van der Waals surface area contributed by atoms with Crippen LogP contribution in [0.1, 0.15) is 26.2 Å². The van der Waals surface area contributed by atoms with Gasteiger partial charge in [-0.2, -0.15) is 4.31 Å². The van der Waals surface area contributed by atoms with Crippen molar-refractivity contribution in [2.24, 2.45) is 0 Å². The lowest BCUT2D eigenvalue weighted by atomic mass is 10.2. The number of carbonyl (C=O) groups is 1. The number of carbonyl (C=O) groups excluding carboxylic acids is 1. The van der Waals surface area contributed by atoms with Gasteiger partial charge >= 0.3 is 0 Å². The van der Waals surface area contributed by atoms with E-state index >= 15 is 0 Å². The Bertz CT molecular complexity index is 960. The van der Waals surface area contributed by atoms with Crippen LogP contribution >= 0.6 is 23.4 Å². The SMILES string of the molecule is C[C@@H](Sc1ccc(Cl)cc1)C(=O)NCCOc1ccc(S(=O)(=O)N2CCCCC2)cc1. The predicted octanol–water partition coefficient (Wildman–Crippen LogP) is 4.19. The molecule has 0 radical (unpaired) electrons. The number of hydrogen-bond acceptors (Lipinski definition) is 5. The molecule has 1 N–H and O–H groups in total. The normalized spacial score (nSPS) is 15.9. The van der Waals surface area contributed by atoms with Crippen molar-refractivity contribution in [3.63, 3.8) is 0 Å². The number of nitrogens with one attached hydrogen (secondary N) is 1. The van der Waals surface area contributed by atoms with Gasteiger partial charge in [0.05, 0.1) is 16.7 Å². The standard InChI is InChI=1S/C22H27ClN2O4S2/c1-17(30-20-9-5-18(23)6-10-20)22(26)24-13-16-29-19-7-11-21(12-8-19)31(27,28)25-14-3-2-4-15-25/h5-12,17H,2-4,13-16H2,1H3,(H,24,26)/t17-/m1/s1. The summed E-state index contributed by atoms with van der Waals surface area (Å²) in [6.45, 7) is 3.65. The summed E-state index contributed by atoms with van der Waals surface area (Å²) in [4.78, 5) is 13.5. The number of halogens is 1. The third-order valence-corrected chi connectivity index (χ3v) is 8.22. The van der Waals surface area contributed by atoms with E-state index in [9.17, 15) is 13.2 Å². The lowest BCUT2D eigenvalue weighted by molar-refractivity contribution is -0.120. The second-order valence-corrected chi connectivity index (χ2v) is 11.1. The van der Waals surface area contributed by atoms with Gasteiger partial charge < -0.3 is 10.1 Å². The zero-order chi connectivity index (χ0) is 22.3. The van der Waals surface area contributed by atoms with Crippen LogP contribution < -0.4 is 10.1 Å². The van der Waals surface area contributed by atoms with E-state index in [4.69, 9.17) is 16.3 Å². The first kappa shape index (κ1) is 23.9. The summed E-state index contributed by atoms with van der Waals surface area (Å²) in [6, 6.07) is 13.8. The number of rotatable bonds is 9. The highest BCUT2D eigenvalue weighted by Crippen LogP contribution is 2.25. The van der Waals surface area contributed by atoms with Crippen molar-refractivity contribution in [3.8, 4) is 5.75 Å². The van der Waals surface area contributed by atoms with Gasteiger partial charge in [0.2, 0.25) is 15.9 Å². The summed E-state index contributed by atoms with van der Waals surface area (Å²) < 4.78 is 32.5. The van der Waals surface area contributed by atoms with Gasteiger partial charge in [0.15, 0.2) is 0 Å². The van der Waals surface area contributed by atoms with Crippen LogP contribution in [0.2, 0.25) is 5.02 Å². The van der Waals surface area contributed by atoms with Crippen LogP contribution in [0, 0.1) is 0 Å². The number of nitrogens with zero attached hydrogens (tertiary/aromatic N) is 1. The van der Waals surface area contributed by atoms with Crippen molar-refractivity contribution in [1.82, 2.24) is 9.62 Å². The second kappa shape index (κ2) is 11.2. The molecule has 0 saturated carbocycles. The third-order valence-electron chi connectivity index (χ3n) is 4.94. The topological polar surface area (TPSA) is 75.7 Å². The van der Waals surface area contributed by atoms with Crippen molar-refractivity contribution < 1.29 is 17.9 Å². The molecule has 0 bridgehead atoms.